The predicted molar refractivity (Wildman–Crippen MR) is 74.4 cm³/mol. The standard InChI is InChI=1S/C14H28N2O2/c1-11(13(18)14(2,3)4)10-12(17)16(7)9-8-15(5)6/h11H,8-10H2,1-7H3/t11-/m1/s1. The lowest BCUT2D eigenvalue weighted by molar-refractivity contribution is -0.137. The molecule has 0 heterocycles. The number of carbonyl (C=O) groups excluding carboxylic acids is 2. The van der Waals surface area contributed by atoms with Gasteiger partial charge in [-0.1, -0.05) is 27.7 Å². The third kappa shape index (κ3) is 6.15. The molecule has 4 nitrogen and oxygen atoms in total. The Morgan fingerprint density at radius 2 is 1.56 bits per heavy atom. The van der Waals surface area contributed by atoms with Crippen molar-refractivity contribution >= 4 is 11.7 Å². The minimum atomic E-state index is -0.373. The lowest BCUT2D eigenvalue weighted by Gasteiger charge is -2.24. The molecule has 1 amide bonds. The summed E-state index contributed by atoms with van der Waals surface area (Å²) in [6, 6.07) is 0. The number of hydrogen-bond donors (Lipinski definition) is 0. The molecule has 0 rings (SSSR count). The summed E-state index contributed by atoms with van der Waals surface area (Å²) >= 11 is 0. The molecule has 0 aromatic rings. The third-order valence-corrected chi connectivity index (χ3v) is 2.98. The van der Waals surface area contributed by atoms with Crippen LogP contribution in [-0.2, 0) is 9.59 Å². The summed E-state index contributed by atoms with van der Waals surface area (Å²) in [6.07, 6.45) is 0.306. The van der Waals surface area contributed by atoms with Crippen LogP contribution in [0.15, 0.2) is 0 Å². The molecule has 0 bridgehead atoms. The zero-order valence-corrected chi connectivity index (χ0v) is 12.9. The molecule has 0 spiro atoms. The summed E-state index contributed by atoms with van der Waals surface area (Å²) in [5.74, 6) is -0.0156. The van der Waals surface area contributed by atoms with Crippen LogP contribution in [0.2, 0.25) is 0 Å². The van der Waals surface area contributed by atoms with Gasteiger partial charge in [0.05, 0.1) is 0 Å². The highest BCUT2D eigenvalue weighted by molar-refractivity contribution is 5.89. The van der Waals surface area contributed by atoms with Crippen molar-refractivity contribution in [1.29, 1.82) is 0 Å². The van der Waals surface area contributed by atoms with E-state index < -0.39 is 0 Å². The van der Waals surface area contributed by atoms with Crippen LogP contribution in [-0.4, -0.2) is 55.7 Å². The summed E-state index contributed by atoms with van der Waals surface area (Å²) < 4.78 is 0. The van der Waals surface area contributed by atoms with Gasteiger partial charge in [-0.3, -0.25) is 9.59 Å². The van der Waals surface area contributed by atoms with E-state index in [4.69, 9.17) is 0 Å². The van der Waals surface area contributed by atoms with Crippen molar-refractivity contribution < 1.29 is 9.59 Å². The highest BCUT2D eigenvalue weighted by Crippen LogP contribution is 2.22. The van der Waals surface area contributed by atoms with Gasteiger partial charge in [0.15, 0.2) is 0 Å². The van der Waals surface area contributed by atoms with Crippen molar-refractivity contribution in [3.8, 4) is 0 Å². The molecule has 18 heavy (non-hydrogen) atoms. The first-order valence-electron chi connectivity index (χ1n) is 6.48. The van der Waals surface area contributed by atoms with Gasteiger partial charge in [-0.2, -0.15) is 0 Å². The Labute approximate surface area is 111 Å². The maximum absolute atomic E-state index is 12.0. The predicted octanol–water partition coefficient (Wildman–Crippen LogP) is 1.65. The first-order valence-corrected chi connectivity index (χ1v) is 6.48. The van der Waals surface area contributed by atoms with Crippen molar-refractivity contribution in [3.05, 3.63) is 0 Å². The van der Waals surface area contributed by atoms with Crippen molar-refractivity contribution in [3.63, 3.8) is 0 Å². The van der Waals surface area contributed by atoms with Crippen molar-refractivity contribution in [2.75, 3.05) is 34.2 Å². The zero-order valence-electron chi connectivity index (χ0n) is 12.9. The van der Waals surface area contributed by atoms with Crippen molar-refractivity contribution in [1.82, 2.24) is 9.80 Å². The first kappa shape index (κ1) is 17.1. The molecular formula is C14H28N2O2. The first-order chi connectivity index (χ1) is 8.05. The highest BCUT2D eigenvalue weighted by Gasteiger charge is 2.28. The van der Waals surface area contributed by atoms with Crippen LogP contribution >= 0.6 is 0 Å². The van der Waals surface area contributed by atoms with Gasteiger partial charge in [-0.15, -0.1) is 0 Å². The van der Waals surface area contributed by atoms with Crippen molar-refractivity contribution in [2.45, 2.75) is 34.1 Å². The number of ketones is 1. The third-order valence-electron chi connectivity index (χ3n) is 2.98. The highest BCUT2D eigenvalue weighted by atomic mass is 16.2. The molecule has 0 aromatic carbocycles. The Morgan fingerprint density at radius 3 is 1.94 bits per heavy atom. The van der Waals surface area contributed by atoms with E-state index in [1.807, 2.05) is 46.7 Å². The molecule has 0 unspecified atom stereocenters. The smallest absolute Gasteiger partial charge is 0.223 e. The molecule has 0 aliphatic carbocycles. The molecule has 0 aliphatic heterocycles. The molecule has 0 aliphatic rings. The average molecular weight is 256 g/mol. The molecule has 1 atom stereocenters. The van der Waals surface area contributed by atoms with Crippen LogP contribution in [0.25, 0.3) is 0 Å². The molecule has 4 heteroatoms. The largest absolute Gasteiger partial charge is 0.344 e. The molecule has 0 aromatic heterocycles. The quantitative estimate of drug-likeness (QED) is 0.725. The summed E-state index contributed by atoms with van der Waals surface area (Å²) in [5, 5.41) is 0. The van der Waals surface area contributed by atoms with E-state index in [9.17, 15) is 9.59 Å². The molecule has 0 saturated carbocycles. The van der Waals surface area contributed by atoms with Gasteiger partial charge >= 0.3 is 0 Å². The molecule has 106 valence electrons. The van der Waals surface area contributed by atoms with E-state index in [-0.39, 0.29) is 23.0 Å². The molecular weight excluding hydrogens is 228 g/mol. The van der Waals surface area contributed by atoms with Crippen molar-refractivity contribution in [2.24, 2.45) is 11.3 Å². The Kier molecular flexibility index (Phi) is 6.54. The number of amides is 1. The number of Topliss-reactive ketones (excluding diaryl/α,β-unsaturated/α-hetero) is 1. The van der Waals surface area contributed by atoms with E-state index in [0.717, 1.165) is 6.54 Å². The number of likely N-dealkylation sites (N-methyl/N-ethyl adjacent to an activating group) is 2. The van der Waals surface area contributed by atoms with Crippen LogP contribution in [0.1, 0.15) is 34.1 Å². The number of hydrogen-bond acceptors (Lipinski definition) is 3. The molecule has 0 N–H and O–H groups in total. The molecule has 0 saturated heterocycles. The van der Waals surface area contributed by atoms with E-state index in [1.54, 1.807) is 11.9 Å². The minimum Gasteiger partial charge on any atom is -0.344 e. The van der Waals surface area contributed by atoms with Crippen LogP contribution < -0.4 is 0 Å². The van der Waals surface area contributed by atoms with Gasteiger partial charge in [0.2, 0.25) is 5.91 Å². The van der Waals surface area contributed by atoms with Crippen LogP contribution in [0, 0.1) is 11.3 Å². The second kappa shape index (κ2) is 6.88. The average Bonchev–Trinajstić information content (AvgIpc) is 2.22. The molecule has 0 fully saturated rings. The van der Waals surface area contributed by atoms with E-state index in [0.29, 0.717) is 13.0 Å². The summed E-state index contributed by atoms with van der Waals surface area (Å²) in [5.41, 5.74) is -0.373. The second-order valence-corrected chi connectivity index (χ2v) is 6.34. The van der Waals surface area contributed by atoms with Gasteiger partial charge < -0.3 is 9.80 Å². The van der Waals surface area contributed by atoms with Gasteiger partial charge in [0.25, 0.3) is 0 Å². The van der Waals surface area contributed by atoms with Crippen LogP contribution in [0.5, 0.6) is 0 Å². The number of nitrogens with zero attached hydrogens (tertiary/aromatic N) is 2. The fourth-order valence-electron chi connectivity index (χ4n) is 1.72. The minimum absolute atomic E-state index is 0.0435. The fourth-order valence-corrected chi connectivity index (χ4v) is 1.72. The number of carbonyl (C=O) groups is 2. The van der Waals surface area contributed by atoms with E-state index in [2.05, 4.69) is 0 Å². The topological polar surface area (TPSA) is 40.6 Å². The summed E-state index contributed by atoms with van der Waals surface area (Å²) in [6.45, 7) is 9.06. The Morgan fingerprint density at radius 1 is 1.06 bits per heavy atom. The molecule has 0 radical (unpaired) electrons. The Bertz CT molecular complexity index is 293. The van der Waals surface area contributed by atoms with Gasteiger partial charge in [-0.25, -0.2) is 0 Å². The van der Waals surface area contributed by atoms with Gasteiger partial charge in [0.1, 0.15) is 5.78 Å². The second-order valence-electron chi connectivity index (χ2n) is 6.34. The SMILES string of the molecule is C[C@H](CC(=O)N(C)CCN(C)C)C(=O)C(C)(C)C. The zero-order chi connectivity index (χ0) is 14.5. The van der Waals surface area contributed by atoms with E-state index in [1.165, 1.54) is 0 Å². The maximum Gasteiger partial charge on any atom is 0.223 e. The van der Waals surface area contributed by atoms with Crippen LogP contribution in [0.4, 0.5) is 0 Å². The summed E-state index contributed by atoms with van der Waals surface area (Å²) in [4.78, 5) is 27.7. The van der Waals surface area contributed by atoms with E-state index >= 15 is 0 Å². The lowest BCUT2D eigenvalue weighted by atomic mass is 9.82. The maximum atomic E-state index is 12.0. The van der Waals surface area contributed by atoms with Gasteiger partial charge in [0, 0.05) is 37.9 Å². The Balaban J connectivity index is 4.27. The normalized spacial score (nSPS) is 13.6. The lowest BCUT2D eigenvalue weighted by Crippen LogP contribution is -2.36. The summed E-state index contributed by atoms with van der Waals surface area (Å²) in [7, 11) is 5.74. The fraction of sp³-hybridized carbons (Fsp3) is 0.857. The van der Waals surface area contributed by atoms with Gasteiger partial charge in [-0.05, 0) is 14.1 Å². The number of rotatable bonds is 6. The monoisotopic (exact) mass is 256 g/mol. The van der Waals surface area contributed by atoms with Crippen LogP contribution in [0.3, 0.4) is 0 Å². The Hall–Kier alpha value is -0.900.